The van der Waals surface area contributed by atoms with Gasteiger partial charge < -0.3 is 10.2 Å². The summed E-state index contributed by atoms with van der Waals surface area (Å²) in [6.45, 7) is 2.87. The third-order valence-electron chi connectivity index (χ3n) is 3.88. The zero-order valence-corrected chi connectivity index (χ0v) is 11.9. The van der Waals surface area contributed by atoms with Gasteiger partial charge in [0.15, 0.2) is 0 Å². The molecule has 6 heteroatoms. The van der Waals surface area contributed by atoms with E-state index in [9.17, 15) is 9.59 Å². The minimum Gasteiger partial charge on any atom is -0.353 e. The number of aromatic nitrogens is 2. The molecule has 2 N–H and O–H groups in total. The van der Waals surface area contributed by atoms with Gasteiger partial charge in [-0.3, -0.25) is 14.7 Å². The minimum atomic E-state index is -0.00975. The van der Waals surface area contributed by atoms with Crippen LogP contribution >= 0.6 is 0 Å². The molecular formula is C15H18N4O2. The van der Waals surface area contributed by atoms with Gasteiger partial charge in [0.2, 0.25) is 5.91 Å². The molecule has 0 bridgehead atoms. The Hall–Kier alpha value is -2.37. The van der Waals surface area contributed by atoms with Crippen LogP contribution in [-0.2, 0) is 4.79 Å². The number of rotatable bonds is 2. The van der Waals surface area contributed by atoms with Crippen molar-refractivity contribution in [1.29, 1.82) is 0 Å². The van der Waals surface area contributed by atoms with Crippen LogP contribution in [0.3, 0.4) is 0 Å². The standard InChI is InChI=1S/C15H18N4O2/c1-10(20)17-13-4-6-19(7-5-13)15(21)11-2-3-12-9-16-18-14(12)8-11/h2-3,8-9,13H,4-7H2,1H3,(H,16,18)(H,17,20). The lowest BCUT2D eigenvalue weighted by Gasteiger charge is -2.32. The molecule has 0 unspecified atom stereocenters. The van der Waals surface area contributed by atoms with Gasteiger partial charge in [0.25, 0.3) is 5.91 Å². The summed E-state index contributed by atoms with van der Waals surface area (Å²) in [6.07, 6.45) is 3.34. The molecule has 1 fully saturated rings. The number of fused-ring (bicyclic) bond motifs is 1. The van der Waals surface area contributed by atoms with Crippen molar-refractivity contribution in [3.63, 3.8) is 0 Å². The van der Waals surface area contributed by atoms with Crippen LogP contribution < -0.4 is 5.32 Å². The van der Waals surface area contributed by atoms with Gasteiger partial charge in [-0.25, -0.2) is 0 Å². The Bertz CT molecular complexity index is 671. The predicted molar refractivity (Wildman–Crippen MR) is 78.8 cm³/mol. The molecule has 2 heterocycles. The van der Waals surface area contributed by atoms with E-state index in [1.54, 1.807) is 6.20 Å². The van der Waals surface area contributed by atoms with Crippen molar-refractivity contribution in [1.82, 2.24) is 20.4 Å². The third kappa shape index (κ3) is 2.89. The summed E-state index contributed by atoms with van der Waals surface area (Å²) in [5.74, 6) is 0.0252. The summed E-state index contributed by atoms with van der Waals surface area (Å²) in [6, 6.07) is 5.75. The molecule has 0 spiro atoms. The second-order valence-electron chi connectivity index (χ2n) is 5.44. The summed E-state index contributed by atoms with van der Waals surface area (Å²) in [5, 5.41) is 10.7. The fourth-order valence-corrected chi connectivity index (χ4v) is 2.77. The van der Waals surface area contributed by atoms with Crippen LogP contribution in [0.4, 0.5) is 0 Å². The highest BCUT2D eigenvalue weighted by Crippen LogP contribution is 2.17. The Labute approximate surface area is 122 Å². The molecule has 2 amide bonds. The quantitative estimate of drug-likeness (QED) is 0.873. The molecule has 0 aliphatic carbocycles. The molecule has 110 valence electrons. The Morgan fingerprint density at radius 1 is 1.33 bits per heavy atom. The molecule has 1 saturated heterocycles. The number of benzene rings is 1. The molecule has 1 aromatic heterocycles. The summed E-state index contributed by atoms with van der Waals surface area (Å²) in [4.78, 5) is 25.4. The number of H-pyrrole nitrogens is 1. The largest absolute Gasteiger partial charge is 0.353 e. The summed E-state index contributed by atoms with van der Waals surface area (Å²) in [7, 11) is 0. The van der Waals surface area contributed by atoms with Gasteiger partial charge >= 0.3 is 0 Å². The molecule has 6 nitrogen and oxygen atoms in total. The third-order valence-corrected chi connectivity index (χ3v) is 3.88. The molecule has 1 aliphatic heterocycles. The SMILES string of the molecule is CC(=O)NC1CCN(C(=O)c2ccc3cn[nH]c3c2)CC1. The molecule has 1 aromatic carbocycles. The van der Waals surface area contributed by atoms with Crippen molar-refractivity contribution < 1.29 is 9.59 Å². The Morgan fingerprint density at radius 2 is 2.10 bits per heavy atom. The average Bonchev–Trinajstić information content (AvgIpc) is 2.94. The highest BCUT2D eigenvalue weighted by Gasteiger charge is 2.24. The number of nitrogens with zero attached hydrogens (tertiary/aromatic N) is 2. The first-order valence-electron chi connectivity index (χ1n) is 7.13. The van der Waals surface area contributed by atoms with Gasteiger partial charge in [-0.1, -0.05) is 6.07 Å². The number of piperidine rings is 1. The average molecular weight is 286 g/mol. The lowest BCUT2D eigenvalue weighted by atomic mass is 10.0. The van der Waals surface area contributed by atoms with Crippen molar-refractivity contribution in [2.24, 2.45) is 0 Å². The number of aromatic amines is 1. The van der Waals surface area contributed by atoms with Gasteiger partial charge in [-0.15, -0.1) is 0 Å². The van der Waals surface area contributed by atoms with E-state index in [0.29, 0.717) is 18.7 Å². The second-order valence-corrected chi connectivity index (χ2v) is 5.44. The van der Waals surface area contributed by atoms with Crippen LogP contribution in [-0.4, -0.2) is 46.0 Å². The van der Waals surface area contributed by atoms with Gasteiger partial charge in [0.1, 0.15) is 0 Å². The van der Waals surface area contributed by atoms with E-state index in [1.807, 2.05) is 23.1 Å². The van der Waals surface area contributed by atoms with E-state index in [2.05, 4.69) is 15.5 Å². The Balaban J connectivity index is 1.67. The monoisotopic (exact) mass is 286 g/mol. The van der Waals surface area contributed by atoms with Gasteiger partial charge in [-0.2, -0.15) is 5.10 Å². The highest BCUT2D eigenvalue weighted by atomic mass is 16.2. The lowest BCUT2D eigenvalue weighted by molar-refractivity contribution is -0.119. The van der Waals surface area contributed by atoms with Gasteiger partial charge in [0.05, 0.1) is 11.7 Å². The van der Waals surface area contributed by atoms with Gasteiger partial charge in [-0.05, 0) is 25.0 Å². The first-order chi connectivity index (χ1) is 10.1. The van der Waals surface area contributed by atoms with Crippen molar-refractivity contribution >= 4 is 22.7 Å². The van der Waals surface area contributed by atoms with E-state index in [4.69, 9.17) is 0 Å². The van der Waals surface area contributed by atoms with E-state index in [-0.39, 0.29) is 17.9 Å². The number of amides is 2. The van der Waals surface area contributed by atoms with Crippen LogP contribution in [0.15, 0.2) is 24.4 Å². The summed E-state index contributed by atoms with van der Waals surface area (Å²) >= 11 is 0. The lowest BCUT2D eigenvalue weighted by Crippen LogP contribution is -2.46. The maximum atomic E-state index is 12.5. The first-order valence-corrected chi connectivity index (χ1v) is 7.13. The first kappa shape index (κ1) is 13.6. The van der Waals surface area contributed by atoms with Gasteiger partial charge in [0, 0.05) is 37.0 Å². The smallest absolute Gasteiger partial charge is 0.253 e. The maximum absolute atomic E-state index is 12.5. The number of likely N-dealkylation sites (tertiary alicyclic amines) is 1. The highest BCUT2D eigenvalue weighted by molar-refractivity contribution is 5.97. The molecule has 0 saturated carbocycles. The summed E-state index contributed by atoms with van der Waals surface area (Å²) < 4.78 is 0. The normalized spacial score (nSPS) is 16.1. The second kappa shape index (κ2) is 5.55. The molecule has 3 rings (SSSR count). The predicted octanol–water partition coefficient (Wildman–Crippen LogP) is 1.30. The number of carbonyl (C=O) groups is 2. The van der Waals surface area contributed by atoms with Crippen LogP contribution in [0, 0.1) is 0 Å². The molecule has 0 radical (unpaired) electrons. The number of nitrogens with one attached hydrogen (secondary N) is 2. The van der Waals surface area contributed by atoms with Crippen LogP contribution in [0.2, 0.25) is 0 Å². The van der Waals surface area contributed by atoms with Crippen LogP contribution in [0.25, 0.3) is 10.9 Å². The molecule has 1 aliphatic rings. The van der Waals surface area contributed by atoms with Crippen molar-refractivity contribution in [2.45, 2.75) is 25.8 Å². The van der Waals surface area contributed by atoms with Crippen LogP contribution in [0.5, 0.6) is 0 Å². The van der Waals surface area contributed by atoms with Crippen molar-refractivity contribution in [2.75, 3.05) is 13.1 Å². The van der Waals surface area contributed by atoms with E-state index >= 15 is 0 Å². The summed E-state index contributed by atoms with van der Waals surface area (Å²) in [5.41, 5.74) is 1.54. The molecule has 21 heavy (non-hydrogen) atoms. The van der Waals surface area contributed by atoms with Crippen molar-refractivity contribution in [3.8, 4) is 0 Å². The van der Waals surface area contributed by atoms with E-state index in [1.165, 1.54) is 6.92 Å². The molecule has 2 aromatic rings. The maximum Gasteiger partial charge on any atom is 0.253 e. The number of carbonyl (C=O) groups excluding carboxylic acids is 2. The minimum absolute atomic E-state index is 0.00975. The Kier molecular flexibility index (Phi) is 3.60. The molecular weight excluding hydrogens is 268 g/mol. The van der Waals surface area contributed by atoms with E-state index < -0.39 is 0 Å². The topological polar surface area (TPSA) is 78.1 Å². The van der Waals surface area contributed by atoms with Crippen molar-refractivity contribution in [3.05, 3.63) is 30.0 Å². The van der Waals surface area contributed by atoms with Crippen LogP contribution in [0.1, 0.15) is 30.1 Å². The fourth-order valence-electron chi connectivity index (χ4n) is 2.77. The zero-order chi connectivity index (χ0) is 14.8. The zero-order valence-electron chi connectivity index (χ0n) is 11.9. The fraction of sp³-hybridized carbons (Fsp3) is 0.400. The number of hydrogen-bond acceptors (Lipinski definition) is 3. The number of hydrogen-bond donors (Lipinski definition) is 2. The van der Waals surface area contributed by atoms with E-state index in [0.717, 1.165) is 23.7 Å². The molecule has 0 atom stereocenters. The Morgan fingerprint density at radius 3 is 2.81 bits per heavy atom.